The lowest BCUT2D eigenvalue weighted by atomic mass is 9.89. The molecule has 14 atom stereocenters. The maximum absolute atomic E-state index is 9.68. The minimum atomic E-state index is -0.335. The third kappa shape index (κ3) is 26.6. The Morgan fingerprint density at radius 2 is 0.432 bits per heavy atom. The van der Waals surface area contributed by atoms with Gasteiger partial charge in [0.15, 0.2) is 0 Å². The average Bonchev–Trinajstić information content (AvgIpc) is 3.19. The largest absolute Gasteiger partial charge is 0.391 e. The molecule has 14 heteroatoms. The molecule has 0 bridgehead atoms. The maximum Gasteiger partial charge on any atom is 0.0741 e. The molecular formula is C60H132N12O2. The number of piperidine rings is 6. The molecule has 0 unspecified atom stereocenters. The number of likely N-dealkylation sites (tertiary alicyclic amines) is 6. The summed E-state index contributed by atoms with van der Waals surface area (Å²) in [5, 5.41) is 19.4. The second-order valence-corrected chi connectivity index (χ2v) is 31.1. The van der Waals surface area contributed by atoms with E-state index in [1.807, 2.05) is 0 Å². The fraction of sp³-hybridized carbons (Fsp3) is 1.00. The van der Waals surface area contributed by atoms with Gasteiger partial charge in [0.25, 0.3) is 0 Å². The quantitative estimate of drug-likeness (QED) is 0.127. The van der Waals surface area contributed by atoms with Crippen LogP contribution in [0.25, 0.3) is 0 Å². The van der Waals surface area contributed by atoms with Gasteiger partial charge in [-0.15, -0.1) is 0 Å². The summed E-state index contributed by atoms with van der Waals surface area (Å²) in [5.41, 5.74) is 37.1. The summed E-state index contributed by atoms with van der Waals surface area (Å²) < 4.78 is 0. The van der Waals surface area contributed by atoms with Crippen molar-refractivity contribution in [2.24, 2.45) is 69.9 Å². The zero-order valence-corrected chi connectivity index (χ0v) is 53.4. The summed E-state index contributed by atoms with van der Waals surface area (Å²) in [6.45, 7) is 66.1. The average molecular weight is 1050 g/mol. The second kappa shape index (κ2) is 29.8. The smallest absolute Gasteiger partial charge is 0.0741 e. The molecule has 0 aromatic heterocycles. The number of aliphatic hydroxyl groups is 2. The molecule has 444 valence electrons. The molecular weight excluding hydrogens is 921 g/mol. The van der Waals surface area contributed by atoms with Gasteiger partial charge in [-0.25, -0.2) is 0 Å². The first-order chi connectivity index (χ1) is 33.2. The van der Waals surface area contributed by atoms with Gasteiger partial charge in [0, 0.05) is 148 Å². The molecule has 0 amide bonds. The molecule has 0 saturated carbocycles. The van der Waals surface area contributed by atoms with Crippen molar-refractivity contribution in [3.63, 3.8) is 0 Å². The van der Waals surface area contributed by atoms with Gasteiger partial charge in [0.2, 0.25) is 0 Å². The summed E-state index contributed by atoms with van der Waals surface area (Å²) >= 11 is 0. The first kappa shape index (κ1) is 71.5. The lowest BCUT2D eigenvalue weighted by Crippen LogP contribution is -2.60. The van der Waals surface area contributed by atoms with Gasteiger partial charge in [0.1, 0.15) is 0 Å². The molecule has 0 aromatic rings. The van der Waals surface area contributed by atoms with Crippen LogP contribution < -0.4 is 34.4 Å². The number of aliphatic hydroxyl groups excluding tert-OH is 2. The maximum atomic E-state index is 9.68. The topological polar surface area (TPSA) is 216 Å². The molecule has 6 aliphatic heterocycles. The van der Waals surface area contributed by atoms with E-state index in [9.17, 15) is 10.2 Å². The Kier molecular flexibility index (Phi) is 28.7. The van der Waals surface area contributed by atoms with Crippen LogP contribution >= 0.6 is 0 Å². The molecule has 74 heavy (non-hydrogen) atoms. The monoisotopic (exact) mass is 1050 g/mol. The highest BCUT2D eigenvalue weighted by Gasteiger charge is 2.37. The third-order valence-corrected chi connectivity index (χ3v) is 16.4. The Morgan fingerprint density at radius 3 is 0.568 bits per heavy atom. The number of nitrogens with zero attached hydrogens (tertiary/aromatic N) is 6. The molecule has 6 saturated heterocycles. The van der Waals surface area contributed by atoms with Crippen molar-refractivity contribution in [2.45, 2.75) is 274 Å². The predicted molar refractivity (Wildman–Crippen MR) is 321 cm³/mol. The fourth-order valence-electron chi connectivity index (χ4n) is 11.5. The molecule has 14 N–H and O–H groups in total. The van der Waals surface area contributed by atoms with E-state index in [2.05, 4.69) is 196 Å². The predicted octanol–water partition coefficient (Wildman–Crippen LogP) is 6.67. The molecule has 0 aromatic carbocycles. The third-order valence-electron chi connectivity index (χ3n) is 16.4. The number of rotatable bonds is 0. The van der Waals surface area contributed by atoms with Gasteiger partial charge in [-0.1, -0.05) is 41.5 Å². The Balaban J connectivity index is 0.000000444. The minimum Gasteiger partial charge on any atom is -0.391 e. The van der Waals surface area contributed by atoms with E-state index in [1.54, 1.807) is 0 Å². The zero-order chi connectivity index (χ0) is 57.9. The van der Waals surface area contributed by atoms with E-state index in [1.165, 1.54) is 51.9 Å². The van der Waals surface area contributed by atoms with Crippen molar-refractivity contribution in [3.8, 4) is 0 Å². The van der Waals surface area contributed by atoms with E-state index in [0.29, 0.717) is 24.2 Å². The van der Waals surface area contributed by atoms with Crippen LogP contribution in [0.2, 0.25) is 0 Å². The van der Waals surface area contributed by atoms with Crippen LogP contribution in [0.4, 0.5) is 0 Å². The lowest BCUT2D eigenvalue weighted by Gasteiger charge is -2.45. The van der Waals surface area contributed by atoms with Crippen LogP contribution in [-0.2, 0) is 0 Å². The Bertz CT molecular complexity index is 1280. The van der Waals surface area contributed by atoms with E-state index in [4.69, 9.17) is 34.4 Å². The first-order valence-corrected chi connectivity index (χ1v) is 29.6. The van der Waals surface area contributed by atoms with Crippen LogP contribution in [0.5, 0.6) is 0 Å². The van der Waals surface area contributed by atoms with E-state index in [-0.39, 0.29) is 69.4 Å². The van der Waals surface area contributed by atoms with Gasteiger partial charge in [-0.3, -0.25) is 29.4 Å². The van der Waals surface area contributed by atoms with Gasteiger partial charge in [-0.05, 0) is 186 Å². The molecule has 6 fully saturated rings. The summed E-state index contributed by atoms with van der Waals surface area (Å²) in [6.07, 6.45) is 4.08. The SMILES string of the molecule is C[C@@H]1CN(C(C)(C)C)C[C@H](N)[C@H]1O.C[C@@H]1C[C@H](N)CN(C(C)(C)C)C1.C[C@@H]1C[C@H](N)CN(C(C)(C)C)C1.C[C@H]1CN(C(C)(C)C)C[C@@H](N)[C@@H]1O.C[C@H]1C[C@@H](N)CN(C(C)(C)C)C1.C[C@H]1C[C@@H](N)CN(C(C)(C)C)C1. The summed E-state index contributed by atoms with van der Waals surface area (Å²) in [5.74, 6) is 3.59. The molecule has 0 aliphatic carbocycles. The number of hydrogen-bond acceptors (Lipinski definition) is 14. The van der Waals surface area contributed by atoms with Crippen LogP contribution in [0, 0.1) is 35.5 Å². The number of nitrogens with two attached hydrogens (primary N) is 6. The van der Waals surface area contributed by atoms with E-state index in [0.717, 1.165) is 76.0 Å². The molecule has 6 rings (SSSR count). The summed E-state index contributed by atoms with van der Waals surface area (Å²) in [6, 6.07) is 1.34. The number of hydrogen-bond donors (Lipinski definition) is 8. The van der Waals surface area contributed by atoms with Crippen LogP contribution in [0.15, 0.2) is 0 Å². The summed E-state index contributed by atoms with van der Waals surface area (Å²) in [4.78, 5) is 14.7. The van der Waals surface area contributed by atoms with Crippen LogP contribution in [-0.4, -0.2) is 200 Å². The van der Waals surface area contributed by atoms with E-state index < -0.39 is 0 Å². The summed E-state index contributed by atoms with van der Waals surface area (Å²) in [7, 11) is 0. The highest BCUT2D eigenvalue weighted by Crippen LogP contribution is 2.28. The molecule has 0 radical (unpaired) electrons. The highest BCUT2D eigenvalue weighted by molar-refractivity contribution is 4.94. The van der Waals surface area contributed by atoms with Crippen LogP contribution in [0.3, 0.4) is 0 Å². The van der Waals surface area contributed by atoms with Gasteiger partial charge in [0.05, 0.1) is 12.2 Å². The normalized spacial score (nSPS) is 35.2. The van der Waals surface area contributed by atoms with Crippen molar-refractivity contribution in [1.29, 1.82) is 0 Å². The lowest BCUT2D eigenvalue weighted by molar-refractivity contribution is -0.0162. The second-order valence-electron chi connectivity index (χ2n) is 31.1. The van der Waals surface area contributed by atoms with Crippen molar-refractivity contribution in [2.75, 3.05) is 78.5 Å². The Morgan fingerprint density at radius 1 is 0.270 bits per heavy atom. The highest BCUT2D eigenvalue weighted by atomic mass is 16.3. The fourth-order valence-corrected chi connectivity index (χ4v) is 11.5. The van der Waals surface area contributed by atoms with Crippen molar-refractivity contribution in [1.82, 2.24) is 29.4 Å². The zero-order valence-electron chi connectivity index (χ0n) is 53.4. The Hall–Kier alpha value is -0.560. The first-order valence-electron chi connectivity index (χ1n) is 29.6. The van der Waals surface area contributed by atoms with Gasteiger partial charge >= 0.3 is 0 Å². The van der Waals surface area contributed by atoms with Gasteiger partial charge in [-0.2, -0.15) is 0 Å². The molecule has 14 nitrogen and oxygen atoms in total. The minimum absolute atomic E-state index is 0.0945. The molecule has 6 heterocycles. The standard InChI is InChI=1S/2C10H22N2O.4C10H22N2/c2*1-7-5-12(10(2,3)4)6-8(11)9(7)13;4*1-8-5-9(11)7-12(6-8)10(2,3)4/h2*7-9,13H,5-6,11H2,1-4H3;4*8-9H,5-7,11H2,1-4H3/t2*7-,8+,9+;4*8-,9+/m101100/s1. The van der Waals surface area contributed by atoms with Crippen molar-refractivity contribution >= 4 is 0 Å². The van der Waals surface area contributed by atoms with Crippen molar-refractivity contribution < 1.29 is 10.2 Å². The van der Waals surface area contributed by atoms with E-state index >= 15 is 0 Å². The molecule has 6 aliphatic rings. The van der Waals surface area contributed by atoms with Gasteiger partial charge < -0.3 is 44.6 Å². The van der Waals surface area contributed by atoms with Crippen molar-refractivity contribution in [3.05, 3.63) is 0 Å². The molecule has 0 spiro atoms. The van der Waals surface area contributed by atoms with Crippen LogP contribution in [0.1, 0.15) is 192 Å². The Labute approximate surface area is 459 Å².